The molecule has 4 heteroatoms. The number of benzene rings is 2. The Kier molecular flexibility index (Phi) is 3.58. The fourth-order valence-corrected chi connectivity index (χ4v) is 2.44. The lowest BCUT2D eigenvalue weighted by atomic mass is 9.94. The van der Waals surface area contributed by atoms with Gasteiger partial charge in [0.25, 0.3) is 0 Å². The van der Waals surface area contributed by atoms with Crippen LogP contribution in [0.2, 0.25) is 5.02 Å². The summed E-state index contributed by atoms with van der Waals surface area (Å²) in [5.41, 5.74) is 7.98. The van der Waals surface area contributed by atoms with Crippen molar-refractivity contribution in [3.63, 3.8) is 0 Å². The van der Waals surface area contributed by atoms with Gasteiger partial charge in [-0.2, -0.15) is 0 Å². The number of hydrogen-bond acceptors (Lipinski definition) is 2. The molecular weight excluding hydrogens is 265 g/mol. The molecule has 19 heavy (non-hydrogen) atoms. The minimum atomic E-state index is -0.362. The molecule has 0 atom stereocenters. The van der Waals surface area contributed by atoms with Gasteiger partial charge in [-0.05, 0) is 49.2 Å². The van der Waals surface area contributed by atoms with Gasteiger partial charge in [0.1, 0.15) is 5.82 Å². The maximum Gasteiger partial charge on any atom is 0.197 e. The molecule has 0 aliphatic heterocycles. The number of carbonyl (C=O) groups excluding carboxylic acids is 1. The van der Waals surface area contributed by atoms with Gasteiger partial charge in [0.05, 0.1) is 10.6 Å². The van der Waals surface area contributed by atoms with E-state index in [4.69, 9.17) is 17.3 Å². The van der Waals surface area contributed by atoms with Gasteiger partial charge in [0.15, 0.2) is 5.78 Å². The molecular formula is C15H13ClFNO. The second-order valence-electron chi connectivity index (χ2n) is 4.45. The Morgan fingerprint density at radius 1 is 1.16 bits per heavy atom. The van der Waals surface area contributed by atoms with E-state index in [1.807, 2.05) is 0 Å². The van der Waals surface area contributed by atoms with Crippen LogP contribution in [0.3, 0.4) is 0 Å². The third-order valence-electron chi connectivity index (χ3n) is 3.00. The highest BCUT2D eigenvalue weighted by Crippen LogP contribution is 2.28. The molecule has 98 valence electrons. The lowest BCUT2D eigenvalue weighted by Crippen LogP contribution is -2.10. The third-order valence-corrected chi connectivity index (χ3v) is 3.31. The quantitative estimate of drug-likeness (QED) is 0.668. The number of hydrogen-bond donors (Lipinski definition) is 1. The van der Waals surface area contributed by atoms with Crippen LogP contribution < -0.4 is 5.73 Å². The van der Waals surface area contributed by atoms with Crippen molar-refractivity contribution in [2.45, 2.75) is 13.8 Å². The van der Waals surface area contributed by atoms with Crippen LogP contribution in [-0.4, -0.2) is 5.78 Å². The fraction of sp³-hybridized carbons (Fsp3) is 0.133. The molecule has 0 radical (unpaired) electrons. The van der Waals surface area contributed by atoms with Crippen LogP contribution in [0, 0.1) is 19.7 Å². The number of ketones is 1. The van der Waals surface area contributed by atoms with E-state index in [0.717, 1.165) is 0 Å². The van der Waals surface area contributed by atoms with Gasteiger partial charge in [-0.25, -0.2) is 4.39 Å². The summed E-state index contributed by atoms with van der Waals surface area (Å²) in [7, 11) is 0. The molecule has 0 aliphatic carbocycles. The van der Waals surface area contributed by atoms with E-state index in [9.17, 15) is 9.18 Å². The van der Waals surface area contributed by atoms with E-state index in [1.54, 1.807) is 32.0 Å². The van der Waals surface area contributed by atoms with Gasteiger partial charge in [-0.3, -0.25) is 4.79 Å². The van der Waals surface area contributed by atoms with Gasteiger partial charge in [0, 0.05) is 11.3 Å². The van der Waals surface area contributed by atoms with Gasteiger partial charge in [-0.15, -0.1) is 0 Å². The van der Waals surface area contributed by atoms with E-state index in [-0.39, 0.29) is 17.2 Å². The highest BCUT2D eigenvalue weighted by atomic mass is 35.5. The lowest BCUT2D eigenvalue weighted by Gasteiger charge is -2.12. The standard InChI is InChI=1S/C15H13ClFNO/c1-8-6-10(17)7-9(2)13(8)15(19)14-11(16)4-3-5-12(14)18/h3-7H,18H2,1-2H3. The second kappa shape index (κ2) is 5.02. The van der Waals surface area contributed by atoms with Crippen molar-refractivity contribution in [2.24, 2.45) is 0 Å². The maximum atomic E-state index is 13.3. The normalized spacial score (nSPS) is 10.5. The fourth-order valence-electron chi connectivity index (χ4n) is 2.17. The Hall–Kier alpha value is -1.87. The molecule has 2 rings (SSSR count). The Bertz CT molecular complexity index is 624. The molecule has 2 aromatic rings. The zero-order chi connectivity index (χ0) is 14.2. The van der Waals surface area contributed by atoms with Crippen LogP contribution >= 0.6 is 11.6 Å². The number of aryl methyl sites for hydroxylation is 2. The van der Waals surface area contributed by atoms with Gasteiger partial charge in [-0.1, -0.05) is 17.7 Å². The Balaban J connectivity index is 2.64. The first-order valence-electron chi connectivity index (χ1n) is 5.77. The van der Waals surface area contributed by atoms with Crippen LogP contribution in [0.4, 0.5) is 10.1 Å². The minimum Gasteiger partial charge on any atom is -0.398 e. The van der Waals surface area contributed by atoms with E-state index < -0.39 is 0 Å². The van der Waals surface area contributed by atoms with Gasteiger partial charge in [0.2, 0.25) is 0 Å². The maximum absolute atomic E-state index is 13.3. The topological polar surface area (TPSA) is 43.1 Å². The van der Waals surface area contributed by atoms with Crippen molar-refractivity contribution in [3.05, 3.63) is 63.4 Å². The average Bonchev–Trinajstić information content (AvgIpc) is 2.26. The zero-order valence-corrected chi connectivity index (χ0v) is 11.4. The number of anilines is 1. The van der Waals surface area contributed by atoms with Crippen molar-refractivity contribution in [2.75, 3.05) is 5.73 Å². The summed E-state index contributed by atoms with van der Waals surface area (Å²) in [4.78, 5) is 12.6. The van der Waals surface area contributed by atoms with Gasteiger partial charge >= 0.3 is 0 Å². The first-order chi connectivity index (χ1) is 8.91. The second-order valence-corrected chi connectivity index (χ2v) is 4.85. The molecule has 2 aromatic carbocycles. The summed E-state index contributed by atoms with van der Waals surface area (Å²) in [6.07, 6.45) is 0. The molecule has 0 unspecified atom stereocenters. The summed E-state index contributed by atoms with van der Waals surface area (Å²) in [6, 6.07) is 7.56. The predicted molar refractivity (Wildman–Crippen MR) is 75.2 cm³/mol. The van der Waals surface area contributed by atoms with Crippen molar-refractivity contribution in [1.82, 2.24) is 0 Å². The zero-order valence-electron chi connectivity index (χ0n) is 10.6. The van der Waals surface area contributed by atoms with Crippen LogP contribution in [0.15, 0.2) is 30.3 Å². The first kappa shape index (κ1) is 13.6. The van der Waals surface area contributed by atoms with Crippen molar-refractivity contribution in [1.29, 1.82) is 0 Å². The molecule has 2 N–H and O–H groups in total. The Labute approximate surface area is 116 Å². The summed E-state index contributed by atoms with van der Waals surface area (Å²) in [5.74, 6) is -0.642. The van der Waals surface area contributed by atoms with Crippen LogP contribution in [0.1, 0.15) is 27.0 Å². The molecule has 0 bridgehead atoms. The number of nitrogen functional groups attached to an aromatic ring is 1. The SMILES string of the molecule is Cc1cc(F)cc(C)c1C(=O)c1c(N)cccc1Cl. The molecule has 0 amide bonds. The first-order valence-corrected chi connectivity index (χ1v) is 6.15. The molecule has 0 saturated heterocycles. The molecule has 0 spiro atoms. The number of rotatable bonds is 2. The van der Waals surface area contributed by atoms with Crippen molar-refractivity contribution < 1.29 is 9.18 Å². The van der Waals surface area contributed by atoms with Gasteiger partial charge < -0.3 is 5.73 Å². The van der Waals surface area contributed by atoms with E-state index >= 15 is 0 Å². The summed E-state index contributed by atoms with van der Waals surface area (Å²) >= 11 is 6.04. The monoisotopic (exact) mass is 277 g/mol. The molecule has 0 aromatic heterocycles. The minimum absolute atomic E-state index is 0.266. The number of carbonyl (C=O) groups is 1. The van der Waals surface area contributed by atoms with Crippen LogP contribution in [0.25, 0.3) is 0 Å². The van der Waals surface area contributed by atoms with E-state index in [1.165, 1.54) is 12.1 Å². The Morgan fingerprint density at radius 3 is 2.26 bits per heavy atom. The number of halogens is 2. The smallest absolute Gasteiger partial charge is 0.197 e. The predicted octanol–water partition coefficient (Wildman–Crippen LogP) is 3.91. The van der Waals surface area contributed by atoms with E-state index in [0.29, 0.717) is 27.4 Å². The summed E-state index contributed by atoms with van der Waals surface area (Å²) in [5, 5.41) is 0.299. The molecule has 0 heterocycles. The highest BCUT2D eigenvalue weighted by molar-refractivity contribution is 6.36. The average molecular weight is 278 g/mol. The summed E-state index contributed by atoms with van der Waals surface area (Å²) < 4.78 is 13.3. The Morgan fingerprint density at radius 2 is 1.74 bits per heavy atom. The molecule has 0 fully saturated rings. The van der Waals surface area contributed by atoms with Crippen LogP contribution in [-0.2, 0) is 0 Å². The molecule has 0 aliphatic rings. The lowest BCUT2D eigenvalue weighted by molar-refractivity contribution is 0.103. The van der Waals surface area contributed by atoms with E-state index in [2.05, 4.69) is 0 Å². The molecule has 0 saturated carbocycles. The largest absolute Gasteiger partial charge is 0.398 e. The third kappa shape index (κ3) is 2.47. The highest BCUT2D eigenvalue weighted by Gasteiger charge is 2.20. The summed E-state index contributed by atoms with van der Waals surface area (Å²) in [6.45, 7) is 3.38. The molecule has 2 nitrogen and oxygen atoms in total. The number of nitrogens with two attached hydrogens (primary N) is 1. The van der Waals surface area contributed by atoms with Crippen LogP contribution in [0.5, 0.6) is 0 Å². The van der Waals surface area contributed by atoms with Crippen molar-refractivity contribution >= 4 is 23.1 Å². The van der Waals surface area contributed by atoms with Crippen molar-refractivity contribution in [3.8, 4) is 0 Å².